The van der Waals surface area contributed by atoms with Crippen LogP contribution in [0.15, 0.2) is 0 Å². The molecule has 1 aliphatic heterocycles. The quantitative estimate of drug-likeness (QED) is 0.806. The minimum Gasteiger partial charge on any atom is -0.481 e. The van der Waals surface area contributed by atoms with E-state index >= 15 is 0 Å². The van der Waals surface area contributed by atoms with Gasteiger partial charge in [0.25, 0.3) is 0 Å². The van der Waals surface area contributed by atoms with Crippen molar-refractivity contribution in [1.82, 2.24) is 9.80 Å². The van der Waals surface area contributed by atoms with Crippen LogP contribution in [0.3, 0.4) is 0 Å². The summed E-state index contributed by atoms with van der Waals surface area (Å²) in [5.74, 6) is -0.718. The number of carbonyl (C=O) groups is 2. The molecular weight excluding hydrogens is 258 g/mol. The lowest BCUT2D eigenvalue weighted by atomic mass is 10.1. The van der Waals surface area contributed by atoms with Crippen molar-refractivity contribution in [3.63, 3.8) is 0 Å². The second-order valence-electron chi connectivity index (χ2n) is 5.25. The summed E-state index contributed by atoms with van der Waals surface area (Å²) in [4.78, 5) is 24.5. The summed E-state index contributed by atoms with van der Waals surface area (Å²) in [5.41, 5.74) is 5.05. The third-order valence-corrected chi connectivity index (χ3v) is 3.42. The Morgan fingerprint density at radius 3 is 2.10 bits per heavy atom. The Balaban J connectivity index is 0.000000367. The van der Waals surface area contributed by atoms with Crippen molar-refractivity contribution in [2.45, 2.75) is 52.5 Å². The van der Waals surface area contributed by atoms with Crippen molar-refractivity contribution in [3.05, 3.63) is 0 Å². The zero-order chi connectivity index (χ0) is 15.5. The van der Waals surface area contributed by atoms with E-state index in [2.05, 4.69) is 18.7 Å². The Labute approximate surface area is 121 Å². The average Bonchev–Trinajstić information content (AvgIpc) is 2.40. The van der Waals surface area contributed by atoms with E-state index in [-0.39, 0.29) is 12.5 Å². The second kappa shape index (κ2) is 10.5. The van der Waals surface area contributed by atoms with Crippen LogP contribution in [0.5, 0.6) is 0 Å². The summed E-state index contributed by atoms with van der Waals surface area (Å²) in [6, 6.07) is 0.175. The van der Waals surface area contributed by atoms with E-state index in [4.69, 9.17) is 10.8 Å². The molecule has 1 aliphatic rings. The van der Waals surface area contributed by atoms with E-state index < -0.39 is 5.97 Å². The van der Waals surface area contributed by atoms with Crippen molar-refractivity contribution in [2.75, 3.05) is 26.2 Å². The fourth-order valence-corrected chi connectivity index (χ4v) is 2.14. The van der Waals surface area contributed by atoms with Crippen LogP contribution in [0.1, 0.15) is 46.5 Å². The number of hydrogen-bond donors (Lipinski definition) is 2. The van der Waals surface area contributed by atoms with Crippen LogP contribution in [-0.2, 0) is 4.79 Å². The highest BCUT2D eigenvalue weighted by atomic mass is 16.4. The minimum atomic E-state index is -0.718. The molecule has 20 heavy (non-hydrogen) atoms. The summed E-state index contributed by atoms with van der Waals surface area (Å²) in [6.07, 6.45) is 3.71. The summed E-state index contributed by atoms with van der Waals surface area (Å²) in [7, 11) is 0. The number of piperidine rings is 1. The molecule has 0 saturated carbocycles. The number of nitrogens with zero attached hydrogens (tertiary/aromatic N) is 2. The van der Waals surface area contributed by atoms with Gasteiger partial charge < -0.3 is 20.6 Å². The fourth-order valence-electron chi connectivity index (χ4n) is 2.14. The first-order chi connectivity index (χ1) is 9.38. The maximum absolute atomic E-state index is 10.5. The molecule has 0 aliphatic carbocycles. The van der Waals surface area contributed by atoms with Crippen LogP contribution in [0.2, 0.25) is 0 Å². The number of carboxylic acids is 1. The maximum atomic E-state index is 10.5. The lowest BCUT2D eigenvalue weighted by Gasteiger charge is -2.24. The molecular formula is C14H29N3O3. The highest BCUT2D eigenvalue weighted by molar-refractivity contribution is 5.72. The topological polar surface area (TPSA) is 86.9 Å². The first kappa shape index (κ1) is 18.7. The molecule has 0 aromatic rings. The Hall–Kier alpha value is -1.30. The van der Waals surface area contributed by atoms with Crippen molar-refractivity contribution >= 4 is 12.0 Å². The number of carboxylic acid groups (broad SMARTS) is 1. The van der Waals surface area contributed by atoms with Gasteiger partial charge in [-0.25, -0.2) is 4.79 Å². The predicted molar refractivity (Wildman–Crippen MR) is 79.6 cm³/mol. The lowest BCUT2D eigenvalue weighted by molar-refractivity contribution is -0.137. The molecule has 1 saturated heterocycles. The van der Waals surface area contributed by atoms with Crippen LogP contribution in [-0.4, -0.2) is 59.1 Å². The molecule has 0 bridgehead atoms. The molecule has 0 aromatic carbocycles. The molecule has 0 atom stereocenters. The van der Waals surface area contributed by atoms with Gasteiger partial charge in [-0.1, -0.05) is 6.92 Å². The number of likely N-dealkylation sites (tertiary alicyclic amines) is 1. The van der Waals surface area contributed by atoms with Crippen LogP contribution in [0, 0.1) is 0 Å². The molecule has 0 radical (unpaired) electrons. The van der Waals surface area contributed by atoms with Gasteiger partial charge >= 0.3 is 12.0 Å². The van der Waals surface area contributed by atoms with Crippen molar-refractivity contribution in [2.24, 2.45) is 5.73 Å². The minimum absolute atomic E-state index is 0.242. The van der Waals surface area contributed by atoms with Gasteiger partial charge in [-0.2, -0.15) is 0 Å². The highest BCUT2D eigenvalue weighted by Gasteiger charge is 2.11. The number of aliphatic carboxylic acids is 1. The van der Waals surface area contributed by atoms with E-state index in [1.165, 1.54) is 6.42 Å². The largest absolute Gasteiger partial charge is 0.481 e. The number of rotatable bonds is 5. The Bertz CT molecular complexity index is 289. The van der Waals surface area contributed by atoms with Crippen molar-refractivity contribution in [3.8, 4) is 0 Å². The van der Waals surface area contributed by atoms with Gasteiger partial charge in [0.05, 0.1) is 6.42 Å². The predicted octanol–water partition coefficient (Wildman–Crippen LogP) is 1.74. The molecule has 3 N–H and O–H groups in total. The van der Waals surface area contributed by atoms with Gasteiger partial charge in [-0.05, 0) is 39.7 Å². The van der Waals surface area contributed by atoms with Crippen molar-refractivity contribution < 1.29 is 14.7 Å². The summed E-state index contributed by atoms with van der Waals surface area (Å²) in [6.45, 7) is 9.48. The number of urea groups is 1. The molecule has 1 rings (SSSR count). The molecule has 6 heteroatoms. The third-order valence-electron chi connectivity index (χ3n) is 3.42. The molecule has 0 spiro atoms. The summed E-state index contributed by atoms with van der Waals surface area (Å²) < 4.78 is 0. The van der Waals surface area contributed by atoms with Gasteiger partial charge in [0, 0.05) is 25.7 Å². The van der Waals surface area contributed by atoms with E-state index in [9.17, 15) is 9.59 Å². The highest BCUT2D eigenvalue weighted by Crippen LogP contribution is 2.07. The molecule has 6 nitrogen and oxygen atoms in total. The summed E-state index contributed by atoms with van der Waals surface area (Å²) >= 11 is 0. The van der Waals surface area contributed by atoms with Crippen molar-refractivity contribution in [1.29, 1.82) is 0 Å². The van der Waals surface area contributed by atoms with Gasteiger partial charge in [-0.3, -0.25) is 4.79 Å². The molecule has 2 amide bonds. The lowest BCUT2D eigenvalue weighted by Crippen LogP contribution is -2.39. The standard InChI is InChI=1S/C8H17NO2.C6H12N2O/c1-4-9(7(2)3)6-5-8(10)11;7-6(9)8-4-2-1-3-5-8/h7H,4-6H2,1-3H3,(H,10,11);1-5H2,(H2,7,9). The normalized spacial score (nSPS) is 14.9. The van der Waals surface area contributed by atoms with Crippen LogP contribution in [0.25, 0.3) is 0 Å². The van der Waals surface area contributed by atoms with E-state index in [0.717, 1.165) is 32.5 Å². The first-order valence-electron chi connectivity index (χ1n) is 7.38. The molecule has 0 unspecified atom stereocenters. The average molecular weight is 287 g/mol. The SMILES string of the molecule is CCN(CCC(=O)O)C(C)C.NC(=O)N1CCCCC1. The number of carbonyl (C=O) groups excluding carboxylic acids is 1. The second-order valence-corrected chi connectivity index (χ2v) is 5.25. The van der Waals surface area contributed by atoms with Gasteiger partial charge in [0.2, 0.25) is 0 Å². The zero-order valence-corrected chi connectivity index (χ0v) is 13.0. The van der Waals surface area contributed by atoms with Crippen LogP contribution in [0.4, 0.5) is 4.79 Å². The first-order valence-corrected chi connectivity index (χ1v) is 7.38. The Morgan fingerprint density at radius 2 is 1.80 bits per heavy atom. The van der Waals surface area contributed by atoms with Crippen LogP contribution >= 0.6 is 0 Å². The Morgan fingerprint density at radius 1 is 1.25 bits per heavy atom. The van der Waals surface area contributed by atoms with E-state index in [1.807, 2.05) is 6.92 Å². The number of hydrogen-bond acceptors (Lipinski definition) is 3. The molecule has 0 aromatic heterocycles. The number of primary amides is 1. The molecule has 1 fully saturated rings. The fraction of sp³-hybridized carbons (Fsp3) is 0.857. The molecule has 118 valence electrons. The number of amides is 2. The molecule has 1 heterocycles. The van der Waals surface area contributed by atoms with Gasteiger partial charge in [-0.15, -0.1) is 0 Å². The monoisotopic (exact) mass is 287 g/mol. The van der Waals surface area contributed by atoms with E-state index in [0.29, 0.717) is 12.6 Å². The maximum Gasteiger partial charge on any atom is 0.314 e. The zero-order valence-electron chi connectivity index (χ0n) is 13.0. The van der Waals surface area contributed by atoms with E-state index in [1.54, 1.807) is 4.90 Å². The summed E-state index contributed by atoms with van der Waals surface area (Å²) in [5, 5.41) is 8.41. The Kier molecular flexibility index (Phi) is 9.80. The van der Waals surface area contributed by atoms with Gasteiger partial charge in [0.15, 0.2) is 0 Å². The van der Waals surface area contributed by atoms with Crippen LogP contribution < -0.4 is 5.73 Å². The third kappa shape index (κ3) is 8.74. The smallest absolute Gasteiger partial charge is 0.314 e. The number of nitrogens with two attached hydrogens (primary N) is 1. The van der Waals surface area contributed by atoms with Gasteiger partial charge in [0.1, 0.15) is 0 Å².